The molecule has 0 saturated carbocycles. The van der Waals surface area contributed by atoms with Crippen LogP contribution in [-0.4, -0.2) is 5.54 Å². The first-order valence-electron chi connectivity index (χ1n) is 5.52. The van der Waals surface area contributed by atoms with E-state index in [9.17, 15) is 8.78 Å². The molecule has 1 N–H and O–H groups in total. The number of nitriles is 1. The van der Waals surface area contributed by atoms with Crippen molar-refractivity contribution in [2.75, 3.05) is 0 Å². The predicted octanol–water partition coefficient (Wildman–Crippen LogP) is 3.11. The number of nitrogens with zero attached hydrogens (tertiary/aromatic N) is 1. The van der Waals surface area contributed by atoms with E-state index in [2.05, 4.69) is 5.32 Å². The van der Waals surface area contributed by atoms with E-state index in [4.69, 9.17) is 5.26 Å². The Balaban J connectivity index is 2.90. The minimum absolute atomic E-state index is 0.00139. The summed E-state index contributed by atoms with van der Waals surface area (Å²) in [5.74, 6) is -1.36. The third-order valence-electron chi connectivity index (χ3n) is 2.90. The molecule has 17 heavy (non-hydrogen) atoms. The molecule has 0 aliphatic heterocycles. The number of halogens is 2. The lowest BCUT2D eigenvalue weighted by molar-refractivity contribution is 0.366. The summed E-state index contributed by atoms with van der Waals surface area (Å²) in [6, 6.07) is 3.83. The SMILES string of the molecule is CCC(C)(C)NCc1c(F)cc(C#N)cc1F. The van der Waals surface area contributed by atoms with E-state index in [0.29, 0.717) is 0 Å². The molecule has 0 aliphatic carbocycles. The number of nitrogens with one attached hydrogen (secondary N) is 1. The number of rotatable bonds is 4. The lowest BCUT2D eigenvalue weighted by atomic mass is 10.0. The van der Waals surface area contributed by atoms with Gasteiger partial charge in [-0.05, 0) is 32.4 Å². The molecule has 0 unspecified atom stereocenters. The molecule has 4 heteroatoms. The molecule has 1 rings (SSSR count). The molecule has 0 spiro atoms. The summed E-state index contributed by atoms with van der Waals surface area (Å²) >= 11 is 0. The molecule has 0 radical (unpaired) electrons. The smallest absolute Gasteiger partial charge is 0.131 e. The molecule has 92 valence electrons. The Morgan fingerprint density at radius 2 is 1.82 bits per heavy atom. The molecule has 0 fully saturated rings. The first-order valence-corrected chi connectivity index (χ1v) is 5.52. The molecule has 0 aromatic heterocycles. The van der Waals surface area contributed by atoms with Crippen LogP contribution in [0.25, 0.3) is 0 Å². The zero-order valence-electron chi connectivity index (χ0n) is 10.3. The van der Waals surface area contributed by atoms with E-state index in [1.807, 2.05) is 20.8 Å². The maximum Gasteiger partial charge on any atom is 0.131 e. The molecule has 1 aromatic carbocycles. The first-order chi connectivity index (χ1) is 7.89. The molecule has 0 aliphatic rings. The van der Waals surface area contributed by atoms with Crippen molar-refractivity contribution in [3.8, 4) is 6.07 Å². The van der Waals surface area contributed by atoms with Crippen LogP contribution in [0.2, 0.25) is 0 Å². The van der Waals surface area contributed by atoms with Crippen LogP contribution in [0.1, 0.15) is 38.3 Å². The van der Waals surface area contributed by atoms with Crippen molar-refractivity contribution in [2.45, 2.75) is 39.3 Å². The molecule has 2 nitrogen and oxygen atoms in total. The maximum absolute atomic E-state index is 13.5. The monoisotopic (exact) mass is 238 g/mol. The summed E-state index contributed by atoms with van der Waals surface area (Å²) in [5, 5.41) is 11.7. The van der Waals surface area contributed by atoms with Gasteiger partial charge in [0.1, 0.15) is 11.6 Å². The Kier molecular flexibility index (Phi) is 4.19. The van der Waals surface area contributed by atoms with E-state index < -0.39 is 11.6 Å². The average molecular weight is 238 g/mol. The number of hydrogen-bond donors (Lipinski definition) is 1. The third kappa shape index (κ3) is 3.50. The Morgan fingerprint density at radius 3 is 2.24 bits per heavy atom. The van der Waals surface area contributed by atoms with Crippen molar-refractivity contribution in [3.05, 3.63) is 34.9 Å². The molecule has 0 bridgehead atoms. The van der Waals surface area contributed by atoms with Gasteiger partial charge in [-0.2, -0.15) is 5.26 Å². The van der Waals surface area contributed by atoms with E-state index in [1.165, 1.54) is 0 Å². The van der Waals surface area contributed by atoms with Gasteiger partial charge in [-0.15, -0.1) is 0 Å². The normalized spacial score (nSPS) is 11.3. The Bertz CT molecular complexity index is 424. The zero-order valence-corrected chi connectivity index (χ0v) is 10.3. The molecule has 0 saturated heterocycles. The van der Waals surface area contributed by atoms with Crippen molar-refractivity contribution in [3.63, 3.8) is 0 Å². The van der Waals surface area contributed by atoms with Gasteiger partial charge in [0.15, 0.2) is 0 Å². The Hall–Kier alpha value is -1.47. The van der Waals surface area contributed by atoms with Gasteiger partial charge in [-0.25, -0.2) is 8.78 Å². The quantitative estimate of drug-likeness (QED) is 0.874. The fraction of sp³-hybridized carbons (Fsp3) is 0.462. The van der Waals surface area contributed by atoms with Crippen LogP contribution in [-0.2, 0) is 6.54 Å². The topological polar surface area (TPSA) is 35.8 Å². The van der Waals surface area contributed by atoms with Crippen LogP contribution in [0.3, 0.4) is 0 Å². The highest BCUT2D eigenvalue weighted by Gasteiger charge is 2.17. The number of benzene rings is 1. The lowest BCUT2D eigenvalue weighted by Gasteiger charge is -2.24. The van der Waals surface area contributed by atoms with Crippen LogP contribution in [0, 0.1) is 23.0 Å². The van der Waals surface area contributed by atoms with Crippen LogP contribution in [0.4, 0.5) is 8.78 Å². The van der Waals surface area contributed by atoms with Gasteiger partial charge >= 0.3 is 0 Å². The highest BCUT2D eigenvalue weighted by molar-refractivity contribution is 5.34. The van der Waals surface area contributed by atoms with E-state index >= 15 is 0 Å². The second-order valence-electron chi connectivity index (χ2n) is 4.62. The van der Waals surface area contributed by atoms with Crippen LogP contribution in [0.5, 0.6) is 0 Å². The fourth-order valence-corrected chi connectivity index (χ4v) is 1.29. The minimum Gasteiger partial charge on any atom is -0.308 e. The Morgan fingerprint density at radius 1 is 1.29 bits per heavy atom. The van der Waals surface area contributed by atoms with Gasteiger partial charge in [-0.3, -0.25) is 0 Å². The lowest BCUT2D eigenvalue weighted by Crippen LogP contribution is -2.38. The van der Waals surface area contributed by atoms with Gasteiger partial charge in [0.2, 0.25) is 0 Å². The van der Waals surface area contributed by atoms with Crippen LogP contribution < -0.4 is 5.32 Å². The van der Waals surface area contributed by atoms with Crippen molar-refractivity contribution < 1.29 is 8.78 Å². The largest absolute Gasteiger partial charge is 0.308 e. The van der Waals surface area contributed by atoms with Gasteiger partial charge in [-0.1, -0.05) is 6.92 Å². The molecule has 0 heterocycles. The second-order valence-corrected chi connectivity index (χ2v) is 4.62. The average Bonchev–Trinajstić information content (AvgIpc) is 2.27. The summed E-state index contributed by atoms with van der Waals surface area (Å²) in [6.07, 6.45) is 0.854. The molecule has 0 amide bonds. The summed E-state index contributed by atoms with van der Waals surface area (Å²) in [6.45, 7) is 6.04. The van der Waals surface area contributed by atoms with Gasteiger partial charge < -0.3 is 5.32 Å². The summed E-state index contributed by atoms with van der Waals surface area (Å²) in [5.41, 5.74) is -0.198. The van der Waals surface area contributed by atoms with Crippen molar-refractivity contribution in [1.29, 1.82) is 5.26 Å². The highest BCUT2D eigenvalue weighted by atomic mass is 19.1. The van der Waals surface area contributed by atoms with Gasteiger partial charge in [0.25, 0.3) is 0 Å². The summed E-state index contributed by atoms with van der Waals surface area (Å²) in [7, 11) is 0. The van der Waals surface area contributed by atoms with Crippen molar-refractivity contribution >= 4 is 0 Å². The first kappa shape index (κ1) is 13.6. The number of hydrogen-bond acceptors (Lipinski definition) is 2. The van der Waals surface area contributed by atoms with Crippen molar-refractivity contribution in [2.24, 2.45) is 0 Å². The second kappa shape index (κ2) is 5.24. The zero-order chi connectivity index (χ0) is 13.1. The van der Waals surface area contributed by atoms with Crippen molar-refractivity contribution in [1.82, 2.24) is 5.32 Å². The minimum atomic E-state index is -0.680. The molecule has 0 atom stereocenters. The van der Waals surface area contributed by atoms with Gasteiger partial charge in [0.05, 0.1) is 11.6 Å². The molecular formula is C13H16F2N2. The maximum atomic E-state index is 13.5. The van der Waals surface area contributed by atoms with E-state index in [1.54, 1.807) is 6.07 Å². The highest BCUT2D eigenvalue weighted by Crippen LogP contribution is 2.17. The van der Waals surface area contributed by atoms with Crippen LogP contribution >= 0.6 is 0 Å². The standard InChI is InChI=1S/C13H16F2N2/c1-4-13(2,3)17-8-10-11(14)5-9(7-16)6-12(10)15/h5-6,17H,4,8H2,1-3H3. The summed E-state index contributed by atoms with van der Waals surface area (Å²) in [4.78, 5) is 0. The predicted molar refractivity (Wildman–Crippen MR) is 62.3 cm³/mol. The third-order valence-corrected chi connectivity index (χ3v) is 2.90. The summed E-state index contributed by atoms with van der Waals surface area (Å²) < 4.78 is 27.1. The molecular weight excluding hydrogens is 222 g/mol. The van der Waals surface area contributed by atoms with Gasteiger partial charge in [0, 0.05) is 17.6 Å². The van der Waals surface area contributed by atoms with Crippen LogP contribution in [0.15, 0.2) is 12.1 Å². The molecule has 1 aromatic rings. The fourth-order valence-electron chi connectivity index (χ4n) is 1.29. The van der Waals surface area contributed by atoms with E-state index in [0.717, 1.165) is 18.6 Å². The Labute approximate surface area is 100 Å². The van der Waals surface area contributed by atoms with E-state index in [-0.39, 0.29) is 23.2 Å².